The fourth-order valence-corrected chi connectivity index (χ4v) is 16.5. The summed E-state index contributed by atoms with van der Waals surface area (Å²) >= 11 is 12.8. The molecule has 35 nitrogen and oxygen atoms in total. The fourth-order valence-electron chi connectivity index (χ4n) is 16.0. The SMILES string of the molecule is COC[C@@H]1O[C@H](O[C@H]2OC[C@@H]3O[C@@]4(OC[C@H](O)[C@H]5OCO[C@H]54)O[C@H]3[C@@H]2OC)[C@@H](OC)[C@H](O)[C@H]1O[C@@H]1O[C@H](C)[C@@H](OC)[C@H](O[C@H]2C[C@@]3(C)O[C@@]4(C[C@H](O)[C@@H](O[C@H]5C[C@@H](O[C@H]6C[C@@](C)(N([O-])O)[C@H](OC)[C@@H](C)O6)[C@H](OC(=O)c6c(C)c(Cl)c(O)c(Cl)c6OC)[C@@H](C)O5)[C@H](C)O4)O[C@H]3[C@H](C)O2)[C@H]1O. The van der Waals surface area contributed by atoms with Gasteiger partial charge in [0, 0.05) is 54.8 Å². The normalized spacial score (nSPS) is 48.8. The van der Waals surface area contributed by atoms with Crippen LogP contribution < -0.4 is 4.74 Å². The number of nitrogens with zero attached hydrogens (tertiary/aromatic N) is 1. The van der Waals surface area contributed by atoms with Gasteiger partial charge in [-0.25, -0.2) is 4.79 Å². The van der Waals surface area contributed by atoms with Gasteiger partial charge in [-0.05, 0) is 61.0 Å². The maximum atomic E-state index is 14.3. The monoisotopic (exact) mass is 1480 g/mol. The second-order valence-electron chi connectivity index (χ2n) is 27.5. The molecule has 0 aliphatic carbocycles. The van der Waals surface area contributed by atoms with Gasteiger partial charge in [0.25, 0.3) is 5.97 Å². The van der Waals surface area contributed by atoms with Crippen molar-refractivity contribution in [2.24, 2.45) is 0 Å². The highest BCUT2D eigenvalue weighted by atomic mass is 35.5. The van der Waals surface area contributed by atoms with Crippen LogP contribution >= 0.6 is 23.2 Å². The summed E-state index contributed by atoms with van der Waals surface area (Å²) in [5.74, 6) is -5.26. The molecule has 11 saturated heterocycles. The lowest BCUT2D eigenvalue weighted by atomic mass is 9.85. The lowest BCUT2D eigenvalue weighted by Crippen LogP contribution is -2.66. The summed E-state index contributed by atoms with van der Waals surface area (Å²) in [5.41, 5.74) is -2.87. The van der Waals surface area contributed by atoms with Crippen LogP contribution in [0.25, 0.3) is 0 Å². The molecule has 1 aromatic rings. The number of hydrogen-bond acceptors (Lipinski definition) is 35. The van der Waals surface area contributed by atoms with Gasteiger partial charge in [0.2, 0.25) is 0 Å². The van der Waals surface area contributed by atoms with Gasteiger partial charge in [-0.3, -0.25) is 5.23 Å². The molecule has 11 aliphatic rings. The number of aromatic hydroxyl groups is 1. The Morgan fingerprint density at radius 3 is 1.99 bits per heavy atom. The highest BCUT2D eigenvalue weighted by Gasteiger charge is 2.68. The van der Waals surface area contributed by atoms with E-state index in [4.69, 9.17) is 146 Å². The van der Waals surface area contributed by atoms with Crippen molar-refractivity contribution in [2.45, 2.75) is 288 Å². The molecule has 0 aromatic heterocycles. The molecular formula is C63H94Cl2NO34-. The van der Waals surface area contributed by atoms with Gasteiger partial charge in [-0.2, -0.15) is 0 Å². The molecule has 37 heteroatoms. The number of carbonyl (C=O) groups is 1. The van der Waals surface area contributed by atoms with E-state index in [1.165, 1.54) is 56.5 Å². The predicted octanol–water partition coefficient (Wildman–Crippen LogP) is 1.27. The average molecular weight is 1480 g/mol. The van der Waals surface area contributed by atoms with Gasteiger partial charge in [-0.15, -0.1) is 0 Å². The van der Waals surface area contributed by atoms with Crippen LogP contribution in [0, 0.1) is 12.1 Å². The lowest BCUT2D eigenvalue weighted by Gasteiger charge is -2.53. The van der Waals surface area contributed by atoms with Gasteiger partial charge in [0.1, 0.15) is 121 Å². The number of methoxy groups -OCH3 is 6. The number of aliphatic hydroxyl groups is 4. The molecule has 6 N–H and O–H groups in total. The smallest absolute Gasteiger partial charge is 0.342 e. The first-order valence-electron chi connectivity index (χ1n) is 33.4. The number of hydrogen-bond donors (Lipinski definition) is 6. The van der Waals surface area contributed by atoms with E-state index >= 15 is 0 Å². The van der Waals surface area contributed by atoms with E-state index in [1.807, 2.05) is 0 Å². The Hall–Kier alpha value is -2.37. The summed E-state index contributed by atoms with van der Waals surface area (Å²) in [4.78, 5) is 14.3. The molecule has 2 spiro atoms. The van der Waals surface area contributed by atoms with Crippen molar-refractivity contribution in [2.75, 3.05) is 69.3 Å². The molecule has 0 bridgehead atoms. The van der Waals surface area contributed by atoms with Crippen LogP contribution in [-0.4, -0.2) is 319 Å². The molecule has 12 rings (SSSR count). The van der Waals surface area contributed by atoms with E-state index in [0.29, 0.717) is 0 Å². The Morgan fingerprint density at radius 2 is 1.31 bits per heavy atom. The standard InChI is InChI=1S/C63H94Cl2NO34/c1-23-37(49(77-11)39(65)40(69)38(23)64)56(72)93-44-24(2)85-34(15-31(44)89-35-17-60(7,66(73)74)53(80-14)27(5)86-35)91-43-26(4)96-62(16-29(43)67)99-54-28(6)87-36(18-61(54,8)100-62)92-50-42(71)57(88-25(3)45(50)76-10)94-47-32(20-75-9)90-59(51(78-12)41(47)70)95-58-52(79-13)48-33(21-81-58)97-63(98-48)55-46(82-22-83-55)30(68)19-84-63/h24-36,41-48,50-55,57-59,67-71,73H,15-22H2,1-14H3/q-1/t24-,25-,26+,27-,28+,29+,30+,31-,32+,33+,34+,35+,36+,41-,42-,43+,44-,45-,46-,47+,48-,50-,51+,52+,53-,54+,55-,57+,58-,59-,60-,61-,62-,63-/m1/s1. The van der Waals surface area contributed by atoms with Crippen LogP contribution in [0.1, 0.15) is 90.1 Å². The first-order valence-corrected chi connectivity index (χ1v) is 34.1. The third-order valence-electron chi connectivity index (χ3n) is 20.8. The minimum absolute atomic E-state index is 0.00170. The predicted molar refractivity (Wildman–Crippen MR) is 329 cm³/mol. The largest absolute Gasteiger partial charge is 0.762 e. The zero-order valence-corrected chi connectivity index (χ0v) is 59.3. The number of aliphatic hydroxyl groups excluding tert-OH is 4. The Kier molecular flexibility index (Phi) is 23.7. The van der Waals surface area contributed by atoms with Crippen molar-refractivity contribution >= 4 is 29.2 Å². The first kappa shape index (κ1) is 77.3. The number of phenolic OH excluding ortho intramolecular Hbond substituents is 1. The van der Waals surface area contributed by atoms with Crippen molar-refractivity contribution in [1.29, 1.82) is 0 Å². The number of carbonyl (C=O) groups excluding carboxylic acids is 1. The van der Waals surface area contributed by atoms with Crippen molar-refractivity contribution in [3.05, 3.63) is 26.4 Å². The van der Waals surface area contributed by atoms with Crippen molar-refractivity contribution in [3.8, 4) is 11.5 Å². The number of hydroxylamine groups is 2. The quantitative estimate of drug-likeness (QED) is 0.0791. The number of esters is 1. The molecular weight excluding hydrogens is 1390 g/mol. The zero-order valence-electron chi connectivity index (χ0n) is 57.8. The first-order chi connectivity index (χ1) is 47.5. The third-order valence-corrected chi connectivity index (χ3v) is 21.6. The van der Waals surface area contributed by atoms with E-state index in [1.54, 1.807) is 41.5 Å². The summed E-state index contributed by atoms with van der Waals surface area (Å²) in [6.07, 6.45) is -33.1. The zero-order chi connectivity index (χ0) is 72.0. The summed E-state index contributed by atoms with van der Waals surface area (Å²) < 4.78 is 161. The second kappa shape index (κ2) is 30.7. The topological polar surface area (TPSA) is 405 Å². The molecule has 100 heavy (non-hydrogen) atoms. The molecule has 11 aliphatic heterocycles. The van der Waals surface area contributed by atoms with E-state index in [9.17, 15) is 40.7 Å². The van der Waals surface area contributed by atoms with Crippen LogP contribution in [0.5, 0.6) is 11.5 Å². The summed E-state index contributed by atoms with van der Waals surface area (Å²) in [7, 11) is 8.26. The molecule has 0 unspecified atom stereocenters. The van der Waals surface area contributed by atoms with Gasteiger partial charge in [-0.1, -0.05) is 23.2 Å². The van der Waals surface area contributed by atoms with Crippen molar-refractivity contribution in [1.82, 2.24) is 5.23 Å². The summed E-state index contributed by atoms with van der Waals surface area (Å²) in [5, 5.41) is 80.2. The minimum Gasteiger partial charge on any atom is -0.762 e. The van der Waals surface area contributed by atoms with Gasteiger partial charge in [0.05, 0.1) is 80.5 Å². The lowest BCUT2D eigenvalue weighted by molar-refractivity contribution is -0.412. The van der Waals surface area contributed by atoms with Gasteiger partial charge >= 0.3 is 11.9 Å². The molecule has 11 heterocycles. The van der Waals surface area contributed by atoms with E-state index < -0.39 is 219 Å². The van der Waals surface area contributed by atoms with Crippen LogP contribution in [-0.2, 0) is 118 Å². The van der Waals surface area contributed by atoms with Crippen LogP contribution in [0.2, 0.25) is 10.0 Å². The van der Waals surface area contributed by atoms with Gasteiger partial charge in [0.15, 0.2) is 61.4 Å². The third kappa shape index (κ3) is 14.3. The molecule has 11 fully saturated rings. The highest BCUT2D eigenvalue weighted by Crippen LogP contribution is 2.53. The van der Waals surface area contributed by atoms with Crippen molar-refractivity contribution in [3.63, 3.8) is 0 Å². The number of benzene rings is 1. The molecule has 34 atom stereocenters. The summed E-state index contributed by atoms with van der Waals surface area (Å²) in [6, 6.07) is 0. The van der Waals surface area contributed by atoms with E-state index in [-0.39, 0.29) is 84.4 Å². The molecule has 1 aromatic carbocycles. The Morgan fingerprint density at radius 1 is 0.620 bits per heavy atom. The minimum atomic E-state index is -1.85. The Labute approximate surface area is 586 Å². The number of rotatable bonds is 20. The molecule has 570 valence electrons. The van der Waals surface area contributed by atoms with Crippen molar-refractivity contribution < 1.29 is 159 Å². The van der Waals surface area contributed by atoms with Crippen LogP contribution in [0.4, 0.5) is 0 Å². The maximum Gasteiger partial charge on any atom is 0.342 e. The van der Waals surface area contributed by atoms with E-state index in [2.05, 4.69) is 0 Å². The maximum absolute atomic E-state index is 14.3. The van der Waals surface area contributed by atoms with Crippen LogP contribution in [0.3, 0.4) is 0 Å². The average Bonchev–Trinajstić information content (AvgIpc) is 1.55. The molecule has 0 amide bonds. The Balaban J connectivity index is 0.692. The number of phenols is 1. The fraction of sp³-hybridized carbons (Fsp3) is 0.889. The highest BCUT2D eigenvalue weighted by molar-refractivity contribution is 6.39. The Bertz CT molecular complexity index is 2960. The van der Waals surface area contributed by atoms with Gasteiger partial charge < -0.3 is 159 Å². The molecule has 0 saturated carbocycles. The van der Waals surface area contributed by atoms with E-state index in [0.717, 1.165) is 0 Å². The number of ether oxygens (including phenoxy) is 26. The number of fused-ring (bicyclic) bond motifs is 4. The molecule has 0 radical (unpaired) electrons. The number of halogens is 2. The van der Waals surface area contributed by atoms with Crippen LogP contribution in [0.15, 0.2) is 0 Å². The second-order valence-corrected chi connectivity index (χ2v) is 28.3. The summed E-state index contributed by atoms with van der Waals surface area (Å²) in [6.45, 7) is 12.6.